The average molecular weight is 1100 g/mol. The Balaban J connectivity index is 0.614. The van der Waals surface area contributed by atoms with Gasteiger partial charge in [-0.3, -0.25) is 19.5 Å². The molecule has 0 aliphatic carbocycles. The number of carbonyl (C=O) groups is 2. The number of phenols is 1. The van der Waals surface area contributed by atoms with Crippen LogP contribution in [-0.2, 0) is 16.0 Å². The smallest absolute Gasteiger partial charge is 0.243 e. The number of aromatic nitrogens is 5. The van der Waals surface area contributed by atoms with Crippen molar-refractivity contribution in [3.05, 3.63) is 101 Å². The van der Waals surface area contributed by atoms with Gasteiger partial charge in [0, 0.05) is 81.8 Å². The van der Waals surface area contributed by atoms with E-state index in [-0.39, 0.29) is 40.7 Å². The molecule has 16 nitrogen and oxygen atoms in total. The number of aromatic hydroxyl groups is 1. The molecule has 0 radical (unpaired) electrons. The van der Waals surface area contributed by atoms with Crippen LogP contribution in [0.5, 0.6) is 5.75 Å². The van der Waals surface area contributed by atoms with Gasteiger partial charge in [-0.1, -0.05) is 68.4 Å². The Kier molecular flexibility index (Phi) is 14.2. The van der Waals surface area contributed by atoms with Crippen LogP contribution in [0.2, 0.25) is 0 Å². The van der Waals surface area contributed by atoms with Crippen molar-refractivity contribution in [3.8, 4) is 27.4 Å². The predicted octanol–water partition coefficient (Wildman–Crippen LogP) is 9.65. The highest BCUT2D eigenvalue weighted by Crippen LogP contribution is 2.41. The first-order chi connectivity index (χ1) is 38.8. The molecule has 4 aromatic heterocycles. The van der Waals surface area contributed by atoms with Gasteiger partial charge in [-0.05, 0) is 136 Å². The molecule has 13 rings (SSSR count). The molecule has 6 aliphatic heterocycles. The summed E-state index contributed by atoms with van der Waals surface area (Å²) in [6.45, 7) is 17.8. The third-order valence-corrected chi connectivity index (χ3v) is 19.5. The number of piperidine rings is 1. The van der Waals surface area contributed by atoms with Crippen molar-refractivity contribution in [2.75, 3.05) is 73.6 Å². The second-order valence-electron chi connectivity index (χ2n) is 24.1. The summed E-state index contributed by atoms with van der Waals surface area (Å²) in [5.74, 6) is 2.64. The minimum Gasteiger partial charge on any atom is -0.508 e. The van der Waals surface area contributed by atoms with E-state index >= 15 is 4.39 Å². The van der Waals surface area contributed by atoms with E-state index in [4.69, 9.17) is 19.5 Å². The number of amides is 2. The van der Waals surface area contributed by atoms with Crippen LogP contribution in [0, 0.1) is 30.5 Å². The van der Waals surface area contributed by atoms with E-state index in [0.717, 1.165) is 141 Å². The number of carbonyl (C=O) groups excluding carboxylic acids is 2. The third-order valence-electron chi connectivity index (χ3n) is 18.5. The molecule has 2 amide bonds. The molecule has 0 spiro atoms. The van der Waals surface area contributed by atoms with Crippen LogP contribution in [0.1, 0.15) is 107 Å². The predicted molar refractivity (Wildman–Crippen MR) is 312 cm³/mol. The van der Waals surface area contributed by atoms with Crippen molar-refractivity contribution in [1.82, 2.24) is 45.5 Å². The van der Waals surface area contributed by atoms with Gasteiger partial charge in [-0.25, -0.2) is 14.4 Å². The summed E-state index contributed by atoms with van der Waals surface area (Å²) in [7, 11) is 0. The number of hydrogen-bond donors (Lipinski definition) is 3. The van der Waals surface area contributed by atoms with E-state index in [1.807, 2.05) is 51.4 Å². The molecule has 10 heterocycles. The summed E-state index contributed by atoms with van der Waals surface area (Å²) >= 11 is 1.62. The van der Waals surface area contributed by atoms with Gasteiger partial charge >= 0.3 is 0 Å². The Morgan fingerprint density at radius 1 is 0.875 bits per heavy atom. The van der Waals surface area contributed by atoms with Crippen molar-refractivity contribution in [3.63, 3.8) is 0 Å². The molecule has 2 bridgehead atoms. The maximum Gasteiger partial charge on any atom is 0.243 e. The lowest BCUT2D eigenvalue weighted by atomic mass is 9.83. The van der Waals surface area contributed by atoms with Gasteiger partial charge in [0.1, 0.15) is 34.7 Å². The number of nitrogens with one attached hydrogen (secondary N) is 2. The van der Waals surface area contributed by atoms with Gasteiger partial charge in [-0.15, -0.1) is 11.3 Å². The number of rotatable bonds is 15. The monoisotopic (exact) mass is 1100 g/mol. The van der Waals surface area contributed by atoms with Crippen molar-refractivity contribution in [1.29, 1.82) is 0 Å². The van der Waals surface area contributed by atoms with E-state index in [1.54, 1.807) is 34.6 Å². The number of thiazole rings is 1. The average Bonchev–Trinajstić information content (AvgIpc) is 4.28. The third kappa shape index (κ3) is 9.92. The number of fused-ring (bicyclic) bond motifs is 4. The first-order valence-electron chi connectivity index (χ1n) is 29.3. The Hall–Kier alpha value is -6.76. The standard InChI is InChI=1S/C62H73FN12O4S/c1-6-40-9-7-10-43-24-47(76)25-48(54(40)43)56-55(63)57-49(27-64-56)59(73-30-44-16-17-45(31-73)67-44)69-62(68-57)74-32-46(33-74)71-21-18-38(19-22-71)23-39-28-72(29-39)52-26-51(79-70-52)53(35(2)3)61(78)75-20-8-11-50(75)60(77)66-36(4)41-12-14-42(15-13-41)58-37(5)65-34-80-58/h7,9-10,12-15,24-27,34-36,38-39,44-46,50,53,67,76H,6,8,11,16-23,28-33H2,1-5H3,(H,66,77). The van der Waals surface area contributed by atoms with E-state index in [2.05, 4.69) is 77.6 Å². The van der Waals surface area contributed by atoms with Gasteiger partial charge in [0.2, 0.25) is 17.8 Å². The van der Waals surface area contributed by atoms with Crippen LogP contribution in [-0.4, -0.2) is 135 Å². The summed E-state index contributed by atoms with van der Waals surface area (Å²) in [6.07, 6.45) is 9.62. The van der Waals surface area contributed by atoms with Crippen molar-refractivity contribution in [2.45, 2.75) is 122 Å². The van der Waals surface area contributed by atoms with Crippen LogP contribution in [0.3, 0.4) is 0 Å². The number of anilines is 3. The molecule has 7 aromatic rings. The lowest BCUT2D eigenvalue weighted by molar-refractivity contribution is -0.141. The highest BCUT2D eigenvalue weighted by atomic mass is 32.1. The second-order valence-corrected chi connectivity index (χ2v) is 25.0. The van der Waals surface area contributed by atoms with Gasteiger partial charge in [0.15, 0.2) is 17.4 Å². The van der Waals surface area contributed by atoms with Crippen LogP contribution >= 0.6 is 11.3 Å². The SMILES string of the molecule is CCc1cccc2cc(O)cc(-c3ncc4c(N5CC6CCC(C5)N6)nc(N5CC(N6CCC(CC7CN(c8cc(C(C(=O)N9CCCC9C(=O)NC(C)c9ccc(-c%10scnc%10C)cc9)C(C)C)on8)C7)CC6)C5)nc4c3F)c12. The fourth-order valence-electron chi connectivity index (χ4n) is 14.0. The molecule has 6 fully saturated rings. The molecule has 6 saturated heterocycles. The lowest BCUT2D eigenvalue weighted by Gasteiger charge is -2.48. The minimum absolute atomic E-state index is 0.0489. The zero-order valence-corrected chi connectivity index (χ0v) is 47.4. The number of benzene rings is 3. The number of hydrogen-bond acceptors (Lipinski definition) is 15. The molecule has 5 unspecified atom stereocenters. The van der Waals surface area contributed by atoms with Crippen LogP contribution < -0.4 is 25.3 Å². The Morgan fingerprint density at radius 2 is 1.65 bits per heavy atom. The van der Waals surface area contributed by atoms with E-state index in [0.29, 0.717) is 65.6 Å². The molecule has 6 aliphatic rings. The Bertz CT molecular complexity index is 3430. The van der Waals surface area contributed by atoms with Gasteiger partial charge in [0.25, 0.3) is 0 Å². The molecular formula is C62H73FN12O4S. The molecule has 418 valence electrons. The molecule has 5 atom stereocenters. The van der Waals surface area contributed by atoms with Crippen molar-refractivity contribution < 1.29 is 23.6 Å². The fraction of sp³-hybridized carbons (Fsp3) is 0.500. The van der Waals surface area contributed by atoms with E-state index in [1.165, 1.54) is 6.42 Å². The zero-order valence-electron chi connectivity index (χ0n) is 46.6. The molecule has 0 saturated carbocycles. The lowest BCUT2D eigenvalue weighted by Crippen LogP contribution is -2.61. The van der Waals surface area contributed by atoms with E-state index < -0.39 is 17.8 Å². The largest absolute Gasteiger partial charge is 0.508 e. The maximum atomic E-state index is 17.3. The zero-order chi connectivity index (χ0) is 54.9. The van der Waals surface area contributed by atoms with Crippen molar-refractivity contribution in [2.24, 2.45) is 17.8 Å². The number of pyridine rings is 1. The van der Waals surface area contributed by atoms with Crippen LogP contribution in [0.4, 0.5) is 22.0 Å². The number of phenolic OH excluding ortho intramolecular Hbond substituents is 1. The number of aryl methyl sites for hydroxylation is 2. The Labute approximate surface area is 471 Å². The number of likely N-dealkylation sites (tertiary alicyclic amines) is 2. The maximum absolute atomic E-state index is 17.3. The number of nitrogens with zero attached hydrogens (tertiary/aromatic N) is 10. The minimum atomic E-state index is -0.541. The highest BCUT2D eigenvalue weighted by Gasteiger charge is 2.43. The number of piperazine rings is 1. The summed E-state index contributed by atoms with van der Waals surface area (Å²) in [4.78, 5) is 59.9. The van der Waals surface area contributed by atoms with Crippen molar-refractivity contribution >= 4 is 62.4 Å². The molecular weight excluding hydrogens is 1030 g/mol. The Morgan fingerprint density at radius 3 is 2.38 bits per heavy atom. The topological polar surface area (TPSA) is 172 Å². The molecule has 80 heavy (non-hydrogen) atoms. The molecule has 3 aromatic carbocycles. The van der Waals surface area contributed by atoms with Gasteiger partial charge < -0.3 is 39.9 Å². The van der Waals surface area contributed by atoms with Gasteiger partial charge in [0.05, 0.1) is 27.5 Å². The first-order valence-corrected chi connectivity index (χ1v) is 30.2. The van der Waals surface area contributed by atoms with E-state index in [9.17, 15) is 14.7 Å². The molecule has 3 N–H and O–H groups in total. The quantitative estimate of drug-likeness (QED) is 0.0886. The van der Waals surface area contributed by atoms with Crippen LogP contribution in [0.25, 0.3) is 43.4 Å². The van der Waals surface area contributed by atoms with Crippen LogP contribution in [0.15, 0.2) is 76.9 Å². The summed E-state index contributed by atoms with van der Waals surface area (Å²) in [6, 6.07) is 19.9. The number of halogens is 1. The summed E-state index contributed by atoms with van der Waals surface area (Å²) in [5.41, 5.74) is 7.08. The second kappa shape index (κ2) is 21.6. The summed E-state index contributed by atoms with van der Waals surface area (Å²) < 4.78 is 23.3. The fourth-order valence-corrected chi connectivity index (χ4v) is 14.8. The first kappa shape index (κ1) is 52.6. The normalized spacial score (nSPS) is 21.9. The van der Waals surface area contributed by atoms with Gasteiger partial charge in [-0.2, -0.15) is 4.98 Å². The summed E-state index contributed by atoms with van der Waals surface area (Å²) in [5, 5.41) is 24.6. The highest BCUT2D eigenvalue weighted by molar-refractivity contribution is 7.13. The molecule has 18 heteroatoms.